The molecule has 1 rings (SSSR count). The third-order valence-electron chi connectivity index (χ3n) is 2.74. The molecule has 94 valence electrons. The van der Waals surface area contributed by atoms with Crippen LogP contribution in [-0.4, -0.2) is 22.6 Å². The number of carbonyl (C=O) groups is 1. The van der Waals surface area contributed by atoms with Crippen LogP contribution in [0.1, 0.15) is 47.0 Å². The molecule has 16 heavy (non-hydrogen) atoms. The molecule has 4 heteroatoms. The van der Waals surface area contributed by atoms with Crippen molar-refractivity contribution in [1.82, 2.24) is 5.32 Å². The maximum Gasteiger partial charge on any atom is 0.407 e. The Kier molecular flexibility index (Phi) is 4.65. The van der Waals surface area contributed by atoms with Crippen molar-refractivity contribution >= 4 is 22.0 Å². The fourth-order valence-corrected chi connectivity index (χ4v) is 2.97. The van der Waals surface area contributed by atoms with Crippen LogP contribution in [0.25, 0.3) is 0 Å². The van der Waals surface area contributed by atoms with E-state index in [1.807, 2.05) is 20.8 Å². The molecule has 1 unspecified atom stereocenters. The first kappa shape index (κ1) is 13.8. The number of alkyl carbamates (subject to hydrolysis) is 1. The molecule has 1 N–H and O–H groups in total. The molecule has 3 atom stereocenters. The Morgan fingerprint density at radius 3 is 2.50 bits per heavy atom. The van der Waals surface area contributed by atoms with Crippen LogP contribution in [0.15, 0.2) is 0 Å². The number of carbonyl (C=O) groups excluding carboxylic acids is 1. The van der Waals surface area contributed by atoms with Crippen LogP contribution in [-0.2, 0) is 4.74 Å². The van der Waals surface area contributed by atoms with Crippen molar-refractivity contribution in [2.75, 3.05) is 0 Å². The smallest absolute Gasteiger partial charge is 0.407 e. The Morgan fingerprint density at radius 2 is 2.00 bits per heavy atom. The summed E-state index contributed by atoms with van der Waals surface area (Å²) in [6, 6.07) is 0.200. The van der Waals surface area contributed by atoms with Gasteiger partial charge < -0.3 is 10.1 Å². The van der Waals surface area contributed by atoms with Gasteiger partial charge in [0.1, 0.15) is 5.60 Å². The topological polar surface area (TPSA) is 38.3 Å². The van der Waals surface area contributed by atoms with Gasteiger partial charge in [-0.25, -0.2) is 4.79 Å². The van der Waals surface area contributed by atoms with E-state index in [0.29, 0.717) is 4.83 Å². The minimum absolute atomic E-state index is 0.200. The summed E-state index contributed by atoms with van der Waals surface area (Å²) in [6.45, 7) is 7.88. The van der Waals surface area contributed by atoms with Crippen molar-refractivity contribution in [2.45, 2.75) is 63.4 Å². The number of hydrogen-bond acceptors (Lipinski definition) is 2. The zero-order chi connectivity index (χ0) is 12.3. The van der Waals surface area contributed by atoms with E-state index >= 15 is 0 Å². The van der Waals surface area contributed by atoms with Gasteiger partial charge in [0.05, 0.1) is 0 Å². The minimum Gasteiger partial charge on any atom is -0.444 e. The standard InChI is InChI=1S/C12H22BrNO2/c1-8-5-6-10(9(13)7-8)14-11(15)16-12(2,3)4/h8-10H,5-7H2,1-4H3,(H,14,15)/t8-,9?,10-/m1/s1. The highest BCUT2D eigenvalue weighted by Crippen LogP contribution is 2.29. The Hall–Kier alpha value is -0.250. The van der Waals surface area contributed by atoms with Gasteiger partial charge in [0.25, 0.3) is 0 Å². The SMILES string of the molecule is C[C@@H]1CC[C@@H](NC(=O)OC(C)(C)C)C(Br)C1. The van der Waals surface area contributed by atoms with Crippen LogP contribution in [0.2, 0.25) is 0 Å². The van der Waals surface area contributed by atoms with Gasteiger partial charge in [0, 0.05) is 10.9 Å². The number of ether oxygens (including phenoxy) is 1. The van der Waals surface area contributed by atoms with Crippen LogP contribution < -0.4 is 5.32 Å². The summed E-state index contributed by atoms with van der Waals surface area (Å²) in [5.41, 5.74) is -0.423. The second kappa shape index (κ2) is 5.39. The summed E-state index contributed by atoms with van der Waals surface area (Å²) in [4.78, 5) is 12.0. The highest BCUT2D eigenvalue weighted by molar-refractivity contribution is 9.09. The van der Waals surface area contributed by atoms with Crippen molar-refractivity contribution in [3.8, 4) is 0 Å². The Morgan fingerprint density at radius 1 is 1.38 bits per heavy atom. The van der Waals surface area contributed by atoms with Crippen molar-refractivity contribution in [3.63, 3.8) is 0 Å². The van der Waals surface area contributed by atoms with Gasteiger partial charge in [0.2, 0.25) is 0 Å². The first-order valence-corrected chi connectivity index (χ1v) is 6.83. The summed E-state index contributed by atoms with van der Waals surface area (Å²) < 4.78 is 5.24. The van der Waals surface area contributed by atoms with Crippen LogP contribution >= 0.6 is 15.9 Å². The molecule has 0 aliphatic heterocycles. The highest BCUT2D eigenvalue weighted by Gasteiger charge is 2.29. The summed E-state index contributed by atoms with van der Waals surface area (Å²) in [5, 5.41) is 2.94. The van der Waals surface area contributed by atoms with Gasteiger partial charge in [-0.1, -0.05) is 22.9 Å². The molecule has 0 aromatic rings. The predicted molar refractivity (Wildman–Crippen MR) is 68.9 cm³/mol. The molecule has 3 nitrogen and oxygen atoms in total. The van der Waals surface area contributed by atoms with E-state index in [0.717, 1.165) is 18.8 Å². The average Bonchev–Trinajstić information content (AvgIpc) is 2.06. The lowest BCUT2D eigenvalue weighted by Crippen LogP contribution is -2.45. The van der Waals surface area contributed by atoms with Crippen LogP contribution in [0, 0.1) is 5.92 Å². The quantitative estimate of drug-likeness (QED) is 0.752. The molecule has 0 heterocycles. The van der Waals surface area contributed by atoms with Gasteiger partial charge in [0.15, 0.2) is 0 Å². The zero-order valence-corrected chi connectivity index (χ0v) is 12.1. The Bertz CT molecular complexity index is 250. The van der Waals surface area contributed by atoms with Gasteiger partial charge in [-0.2, -0.15) is 0 Å². The second-order valence-corrected chi connectivity index (χ2v) is 6.86. The van der Waals surface area contributed by atoms with Crippen molar-refractivity contribution in [3.05, 3.63) is 0 Å². The number of nitrogens with one attached hydrogen (secondary N) is 1. The molecular weight excluding hydrogens is 270 g/mol. The van der Waals surface area contributed by atoms with Crippen LogP contribution in [0.4, 0.5) is 4.79 Å². The Labute approximate surface area is 106 Å². The van der Waals surface area contributed by atoms with E-state index < -0.39 is 5.60 Å². The zero-order valence-electron chi connectivity index (χ0n) is 10.5. The Balaban J connectivity index is 2.39. The molecule has 1 amide bonds. The van der Waals surface area contributed by atoms with Gasteiger partial charge >= 0.3 is 6.09 Å². The number of rotatable bonds is 1. The van der Waals surface area contributed by atoms with Crippen LogP contribution in [0.3, 0.4) is 0 Å². The van der Waals surface area contributed by atoms with Crippen LogP contribution in [0.5, 0.6) is 0 Å². The molecule has 0 aromatic carbocycles. The van der Waals surface area contributed by atoms with Gasteiger partial charge in [-0.05, 0) is 46.0 Å². The maximum atomic E-state index is 11.6. The third kappa shape index (κ3) is 4.73. The lowest BCUT2D eigenvalue weighted by molar-refractivity contribution is 0.0491. The molecule has 0 bridgehead atoms. The normalized spacial score (nSPS) is 30.9. The molecule has 0 aromatic heterocycles. The molecular formula is C12H22BrNO2. The second-order valence-electron chi connectivity index (χ2n) is 5.69. The molecule has 0 spiro atoms. The largest absolute Gasteiger partial charge is 0.444 e. The van der Waals surface area contributed by atoms with Gasteiger partial charge in [-0.15, -0.1) is 0 Å². The number of alkyl halides is 1. The first-order valence-electron chi connectivity index (χ1n) is 5.91. The predicted octanol–water partition coefficient (Wildman–Crippen LogP) is 3.46. The fourth-order valence-electron chi connectivity index (χ4n) is 1.93. The lowest BCUT2D eigenvalue weighted by atomic mass is 9.87. The molecule has 0 saturated heterocycles. The first-order chi connectivity index (χ1) is 7.28. The van der Waals surface area contributed by atoms with E-state index in [1.165, 1.54) is 6.42 Å². The van der Waals surface area contributed by atoms with E-state index in [4.69, 9.17) is 4.74 Å². The monoisotopic (exact) mass is 291 g/mol. The number of halogens is 1. The molecule has 1 saturated carbocycles. The highest BCUT2D eigenvalue weighted by atomic mass is 79.9. The fraction of sp³-hybridized carbons (Fsp3) is 0.917. The summed E-state index contributed by atoms with van der Waals surface area (Å²) in [7, 11) is 0. The van der Waals surface area contributed by atoms with Crippen molar-refractivity contribution < 1.29 is 9.53 Å². The van der Waals surface area contributed by atoms with Gasteiger partial charge in [-0.3, -0.25) is 0 Å². The van der Waals surface area contributed by atoms with E-state index in [1.54, 1.807) is 0 Å². The van der Waals surface area contributed by atoms with E-state index in [2.05, 4.69) is 28.2 Å². The minimum atomic E-state index is -0.423. The number of hydrogen-bond donors (Lipinski definition) is 1. The van der Waals surface area contributed by atoms with E-state index in [-0.39, 0.29) is 12.1 Å². The van der Waals surface area contributed by atoms with Crippen molar-refractivity contribution in [2.24, 2.45) is 5.92 Å². The molecule has 0 radical (unpaired) electrons. The molecule has 1 aliphatic rings. The molecule has 1 aliphatic carbocycles. The summed E-state index contributed by atoms with van der Waals surface area (Å²) >= 11 is 3.63. The third-order valence-corrected chi connectivity index (χ3v) is 3.75. The summed E-state index contributed by atoms with van der Waals surface area (Å²) in [5.74, 6) is 0.737. The summed E-state index contributed by atoms with van der Waals surface area (Å²) in [6.07, 6.45) is 3.00. The lowest BCUT2D eigenvalue weighted by Gasteiger charge is -2.32. The average molecular weight is 292 g/mol. The van der Waals surface area contributed by atoms with Crippen molar-refractivity contribution in [1.29, 1.82) is 0 Å². The van der Waals surface area contributed by atoms with E-state index in [9.17, 15) is 4.79 Å². The molecule has 1 fully saturated rings. The number of amides is 1. The maximum absolute atomic E-state index is 11.6.